The van der Waals surface area contributed by atoms with Crippen LogP contribution >= 0.6 is 0 Å². The van der Waals surface area contributed by atoms with Crippen LogP contribution in [0.15, 0.2) is 0 Å². The van der Waals surface area contributed by atoms with Crippen LogP contribution in [0, 0.1) is 5.92 Å². The van der Waals surface area contributed by atoms with Gasteiger partial charge in [0, 0.05) is 26.9 Å². The van der Waals surface area contributed by atoms with Crippen molar-refractivity contribution in [2.24, 2.45) is 5.92 Å². The molecule has 1 N–H and O–H groups in total. The minimum atomic E-state index is 0.618. The molecule has 5 heteroatoms. The first-order valence-electron chi connectivity index (χ1n) is 7.20. The molecule has 0 saturated heterocycles. The van der Waals surface area contributed by atoms with Gasteiger partial charge in [-0.05, 0) is 18.9 Å². The number of ether oxygens (including phenoxy) is 4. The Morgan fingerprint density at radius 1 is 0.789 bits per heavy atom. The van der Waals surface area contributed by atoms with Crippen molar-refractivity contribution in [3.05, 3.63) is 0 Å². The minimum Gasteiger partial charge on any atom is -0.382 e. The minimum absolute atomic E-state index is 0.618. The topological polar surface area (TPSA) is 49.0 Å². The SMILES string of the molecule is COCCOCCOCCNCCCOCC(C)C. The summed E-state index contributed by atoms with van der Waals surface area (Å²) in [7, 11) is 1.67. The Morgan fingerprint density at radius 2 is 1.47 bits per heavy atom. The van der Waals surface area contributed by atoms with Gasteiger partial charge in [0.05, 0.1) is 33.0 Å². The highest BCUT2D eigenvalue weighted by Gasteiger charge is 1.94. The van der Waals surface area contributed by atoms with Crippen LogP contribution in [0.2, 0.25) is 0 Å². The predicted molar refractivity (Wildman–Crippen MR) is 76.7 cm³/mol. The predicted octanol–water partition coefficient (Wildman–Crippen LogP) is 1.32. The van der Waals surface area contributed by atoms with Crippen molar-refractivity contribution in [1.29, 1.82) is 0 Å². The summed E-state index contributed by atoms with van der Waals surface area (Å²) in [5.41, 5.74) is 0. The summed E-state index contributed by atoms with van der Waals surface area (Å²) in [5.74, 6) is 0.618. The van der Waals surface area contributed by atoms with E-state index in [1.165, 1.54) is 0 Å². The van der Waals surface area contributed by atoms with E-state index in [2.05, 4.69) is 19.2 Å². The molecule has 0 unspecified atom stereocenters. The van der Waals surface area contributed by atoms with Crippen LogP contribution in [0.1, 0.15) is 20.3 Å². The fourth-order valence-corrected chi connectivity index (χ4v) is 1.35. The number of methoxy groups -OCH3 is 1. The third kappa shape index (κ3) is 17.8. The van der Waals surface area contributed by atoms with Crippen molar-refractivity contribution in [3.8, 4) is 0 Å². The molecule has 0 aliphatic rings. The largest absolute Gasteiger partial charge is 0.382 e. The zero-order chi connectivity index (χ0) is 14.2. The number of nitrogens with one attached hydrogen (secondary N) is 1. The Balaban J connectivity index is 2.91. The molecule has 0 radical (unpaired) electrons. The maximum absolute atomic E-state index is 5.49. The zero-order valence-electron chi connectivity index (χ0n) is 12.8. The Bertz CT molecular complexity index is 168. The van der Waals surface area contributed by atoms with Crippen LogP contribution in [0.3, 0.4) is 0 Å². The smallest absolute Gasteiger partial charge is 0.0701 e. The highest BCUT2D eigenvalue weighted by Crippen LogP contribution is 1.92. The summed E-state index contributed by atoms with van der Waals surface area (Å²) >= 11 is 0. The van der Waals surface area contributed by atoms with Crippen LogP contribution in [0.5, 0.6) is 0 Å². The molecular formula is C14H31NO4. The molecule has 0 amide bonds. The van der Waals surface area contributed by atoms with Gasteiger partial charge < -0.3 is 24.3 Å². The molecule has 0 aliphatic heterocycles. The Morgan fingerprint density at radius 3 is 2.16 bits per heavy atom. The van der Waals surface area contributed by atoms with Crippen LogP contribution in [-0.2, 0) is 18.9 Å². The lowest BCUT2D eigenvalue weighted by Gasteiger charge is -2.08. The first-order chi connectivity index (χ1) is 9.27. The summed E-state index contributed by atoms with van der Waals surface area (Å²) in [6, 6.07) is 0. The lowest BCUT2D eigenvalue weighted by Crippen LogP contribution is -2.23. The fraction of sp³-hybridized carbons (Fsp3) is 1.00. The summed E-state index contributed by atoms with van der Waals surface area (Å²) in [6.07, 6.45) is 1.05. The fourth-order valence-electron chi connectivity index (χ4n) is 1.35. The van der Waals surface area contributed by atoms with E-state index >= 15 is 0 Å². The molecule has 0 saturated carbocycles. The molecule has 0 bridgehead atoms. The van der Waals surface area contributed by atoms with Gasteiger partial charge in [0.1, 0.15) is 0 Å². The van der Waals surface area contributed by atoms with Crippen molar-refractivity contribution < 1.29 is 18.9 Å². The summed E-state index contributed by atoms with van der Waals surface area (Å²) < 4.78 is 21.0. The van der Waals surface area contributed by atoms with E-state index in [9.17, 15) is 0 Å². The van der Waals surface area contributed by atoms with Gasteiger partial charge in [-0.2, -0.15) is 0 Å². The van der Waals surface area contributed by atoms with E-state index in [4.69, 9.17) is 18.9 Å². The Kier molecular flexibility index (Phi) is 15.7. The van der Waals surface area contributed by atoms with Crippen molar-refractivity contribution in [2.45, 2.75) is 20.3 Å². The van der Waals surface area contributed by atoms with Crippen molar-refractivity contribution in [2.75, 3.05) is 66.4 Å². The maximum atomic E-state index is 5.49. The van der Waals surface area contributed by atoms with Gasteiger partial charge >= 0.3 is 0 Å². The van der Waals surface area contributed by atoms with Gasteiger partial charge in [-0.25, -0.2) is 0 Å². The van der Waals surface area contributed by atoms with Gasteiger partial charge in [0.2, 0.25) is 0 Å². The van der Waals surface area contributed by atoms with E-state index in [0.717, 1.165) is 39.3 Å². The first kappa shape index (κ1) is 18.8. The van der Waals surface area contributed by atoms with Gasteiger partial charge in [0.25, 0.3) is 0 Å². The first-order valence-corrected chi connectivity index (χ1v) is 7.20. The Hall–Kier alpha value is -0.200. The van der Waals surface area contributed by atoms with E-state index in [1.54, 1.807) is 7.11 Å². The number of rotatable bonds is 15. The normalized spacial score (nSPS) is 11.4. The van der Waals surface area contributed by atoms with E-state index < -0.39 is 0 Å². The van der Waals surface area contributed by atoms with Crippen LogP contribution in [0.4, 0.5) is 0 Å². The standard InChI is InChI=1S/C14H31NO4/c1-14(2)13-19-7-4-5-15-6-8-17-11-12-18-10-9-16-3/h14-15H,4-13H2,1-3H3. The highest BCUT2D eigenvalue weighted by atomic mass is 16.5. The summed E-state index contributed by atoms with van der Waals surface area (Å²) in [4.78, 5) is 0. The second kappa shape index (κ2) is 15.9. The van der Waals surface area contributed by atoms with Crippen molar-refractivity contribution in [3.63, 3.8) is 0 Å². The molecule has 0 aromatic rings. The van der Waals surface area contributed by atoms with Gasteiger partial charge in [-0.3, -0.25) is 0 Å². The molecule has 0 aromatic carbocycles. The number of hydrogen-bond acceptors (Lipinski definition) is 5. The molecule has 0 atom stereocenters. The molecule has 0 aromatic heterocycles. The lowest BCUT2D eigenvalue weighted by molar-refractivity contribution is 0.0255. The molecule has 0 rings (SSSR count). The summed E-state index contributed by atoms with van der Waals surface area (Å²) in [6.45, 7) is 11.1. The monoisotopic (exact) mass is 277 g/mol. The van der Waals surface area contributed by atoms with Crippen LogP contribution < -0.4 is 5.32 Å². The van der Waals surface area contributed by atoms with Crippen molar-refractivity contribution in [1.82, 2.24) is 5.32 Å². The average molecular weight is 277 g/mol. The molecule has 19 heavy (non-hydrogen) atoms. The molecule has 5 nitrogen and oxygen atoms in total. The van der Waals surface area contributed by atoms with Crippen LogP contribution in [-0.4, -0.2) is 66.4 Å². The van der Waals surface area contributed by atoms with Crippen LogP contribution in [0.25, 0.3) is 0 Å². The summed E-state index contributed by atoms with van der Waals surface area (Å²) in [5, 5.41) is 3.32. The number of hydrogen-bond donors (Lipinski definition) is 1. The molecule has 0 fully saturated rings. The second-order valence-corrected chi connectivity index (χ2v) is 4.79. The van der Waals surface area contributed by atoms with E-state index in [0.29, 0.717) is 32.3 Å². The third-order valence-electron chi connectivity index (χ3n) is 2.32. The van der Waals surface area contributed by atoms with Gasteiger partial charge in [-0.1, -0.05) is 13.8 Å². The van der Waals surface area contributed by atoms with Crippen molar-refractivity contribution >= 4 is 0 Å². The van der Waals surface area contributed by atoms with Gasteiger partial charge in [0.15, 0.2) is 0 Å². The zero-order valence-corrected chi connectivity index (χ0v) is 12.8. The quantitative estimate of drug-likeness (QED) is 0.458. The maximum Gasteiger partial charge on any atom is 0.0701 e. The van der Waals surface area contributed by atoms with E-state index in [1.807, 2.05) is 0 Å². The molecule has 0 aliphatic carbocycles. The second-order valence-electron chi connectivity index (χ2n) is 4.79. The van der Waals surface area contributed by atoms with Gasteiger partial charge in [-0.15, -0.1) is 0 Å². The molecule has 0 spiro atoms. The molecule has 0 heterocycles. The van der Waals surface area contributed by atoms with E-state index in [-0.39, 0.29) is 0 Å². The Labute approximate surface area is 117 Å². The molecular weight excluding hydrogens is 246 g/mol. The third-order valence-corrected chi connectivity index (χ3v) is 2.32. The average Bonchev–Trinajstić information content (AvgIpc) is 2.39. The lowest BCUT2D eigenvalue weighted by atomic mass is 10.2. The highest BCUT2D eigenvalue weighted by molar-refractivity contribution is 4.47. The molecule has 116 valence electrons.